The summed E-state index contributed by atoms with van der Waals surface area (Å²) in [6.45, 7) is 3.63. The van der Waals surface area contributed by atoms with Gasteiger partial charge >= 0.3 is 5.97 Å². The topological polar surface area (TPSA) is 103 Å². The van der Waals surface area contributed by atoms with Gasteiger partial charge in [-0.25, -0.2) is 9.78 Å². The molecule has 2 amide bonds. The van der Waals surface area contributed by atoms with Gasteiger partial charge in [-0.15, -0.1) is 0 Å². The summed E-state index contributed by atoms with van der Waals surface area (Å²) >= 11 is 0. The molecule has 0 N–H and O–H groups in total. The van der Waals surface area contributed by atoms with Gasteiger partial charge in [0.1, 0.15) is 5.75 Å². The molecule has 43 heavy (non-hydrogen) atoms. The molecular weight excluding hydrogens is 544 g/mol. The van der Waals surface area contributed by atoms with Crippen molar-refractivity contribution in [3.8, 4) is 17.0 Å². The van der Waals surface area contributed by atoms with E-state index in [1.54, 1.807) is 54.6 Å². The summed E-state index contributed by atoms with van der Waals surface area (Å²) in [4.78, 5) is 58.5. The molecule has 1 aliphatic heterocycles. The summed E-state index contributed by atoms with van der Waals surface area (Å²) in [5.74, 6) is -0.748. The third-order valence-electron chi connectivity index (χ3n) is 8.52. The van der Waals surface area contributed by atoms with E-state index in [4.69, 9.17) is 14.5 Å². The van der Waals surface area contributed by atoms with E-state index in [1.165, 1.54) is 12.0 Å². The normalized spacial score (nSPS) is 19.8. The molecule has 2 heterocycles. The van der Waals surface area contributed by atoms with E-state index in [0.717, 1.165) is 24.8 Å². The number of amides is 2. The number of imide groups is 1. The number of ketones is 1. The van der Waals surface area contributed by atoms with Crippen LogP contribution in [0.1, 0.15) is 52.5 Å². The first-order chi connectivity index (χ1) is 20.7. The average molecular weight is 577 g/mol. The van der Waals surface area contributed by atoms with Gasteiger partial charge in [0.15, 0.2) is 12.4 Å². The Labute approximate surface area is 249 Å². The van der Waals surface area contributed by atoms with Crippen LogP contribution < -0.4 is 9.64 Å². The van der Waals surface area contributed by atoms with Gasteiger partial charge in [0.2, 0.25) is 11.8 Å². The van der Waals surface area contributed by atoms with Gasteiger partial charge < -0.3 is 9.47 Å². The molecule has 2 aliphatic rings. The molecule has 3 aromatic carbocycles. The first kappa shape index (κ1) is 28.3. The molecule has 0 unspecified atom stereocenters. The van der Waals surface area contributed by atoms with Crippen LogP contribution >= 0.6 is 0 Å². The molecule has 1 aliphatic carbocycles. The second-order valence-electron chi connectivity index (χ2n) is 11.5. The smallest absolute Gasteiger partial charge is 0.339 e. The number of ether oxygens (including phenoxy) is 2. The van der Waals surface area contributed by atoms with Gasteiger partial charge in [-0.2, -0.15) is 0 Å². The molecule has 218 valence electrons. The number of esters is 1. The van der Waals surface area contributed by atoms with Gasteiger partial charge in [0.25, 0.3) is 0 Å². The number of anilines is 1. The summed E-state index contributed by atoms with van der Waals surface area (Å²) in [5, 5.41) is 0.615. The number of hydrogen-bond donors (Lipinski definition) is 0. The highest BCUT2D eigenvalue weighted by atomic mass is 16.5. The minimum atomic E-state index is -0.641. The number of aromatic nitrogens is 1. The number of methoxy groups -OCH3 is 1. The van der Waals surface area contributed by atoms with Crippen LogP contribution in [0, 0.1) is 24.7 Å². The number of hydrogen-bond acceptors (Lipinski definition) is 7. The van der Waals surface area contributed by atoms with Crippen molar-refractivity contribution in [1.82, 2.24) is 4.98 Å². The fraction of sp³-hybridized carbons (Fsp3) is 0.286. The summed E-state index contributed by atoms with van der Waals surface area (Å²) in [6, 6.07) is 21.0. The molecule has 8 nitrogen and oxygen atoms in total. The molecule has 2 fully saturated rings. The van der Waals surface area contributed by atoms with E-state index in [1.807, 2.05) is 25.1 Å². The lowest BCUT2D eigenvalue weighted by Crippen LogP contribution is -2.30. The van der Waals surface area contributed by atoms with Gasteiger partial charge in [-0.3, -0.25) is 19.3 Å². The van der Waals surface area contributed by atoms with Crippen LogP contribution in [0.25, 0.3) is 22.2 Å². The summed E-state index contributed by atoms with van der Waals surface area (Å²) in [6.07, 6.45) is 2.45. The maximum atomic E-state index is 13.4. The first-order valence-corrected chi connectivity index (χ1v) is 14.5. The molecule has 1 aromatic heterocycles. The predicted octanol–water partition coefficient (Wildman–Crippen LogP) is 6.18. The Kier molecular flexibility index (Phi) is 7.52. The average Bonchev–Trinajstić information content (AvgIpc) is 3.27. The molecule has 1 saturated heterocycles. The quantitative estimate of drug-likeness (QED) is 0.147. The van der Waals surface area contributed by atoms with Gasteiger partial charge in [-0.1, -0.05) is 42.8 Å². The Morgan fingerprint density at radius 3 is 2.47 bits per heavy atom. The van der Waals surface area contributed by atoms with Crippen LogP contribution in [-0.4, -0.2) is 42.3 Å². The van der Waals surface area contributed by atoms with Crippen LogP contribution in [-0.2, 0) is 14.3 Å². The maximum Gasteiger partial charge on any atom is 0.339 e. The Hall–Kier alpha value is -4.85. The van der Waals surface area contributed by atoms with E-state index in [2.05, 4.69) is 6.92 Å². The second kappa shape index (κ2) is 11.4. The lowest BCUT2D eigenvalue weighted by atomic mass is 9.76. The van der Waals surface area contributed by atoms with Crippen molar-refractivity contribution in [2.45, 2.75) is 33.1 Å². The Bertz CT molecular complexity index is 1760. The number of Topliss-reactive ketones (excluding diaryl/α,β-unsaturated/α-hetero) is 1. The van der Waals surface area contributed by atoms with E-state index < -0.39 is 12.6 Å². The molecule has 0 bridgehead atoms. The SMILES string of the molecule is COc1cccc(C(=O)COC(=O)c2cc(-c3ccc(N4C(=O)[C@@H]5CC[C@H](C)C[C@H]5C4=O)cc3)nc3ccc(C)cc23)c1. The van der Waals surface area contributed by atoms with Crippen molar-refractivity contribution < 1.29 is 28.7 Å². The first-order valence-electron chi connectivity index (χ1n) is 14.5. The summed E-state index contributed by atoms with van der Waals surface area (Å²) in [7, 11) is 1.52. The highest BCUT2D eigenvalue weighted by molar-refractivity contribution is 6.22. The lowest BCUT2D eigenvalue weighted by Gasteiger charge is -2.25. The number of fused-ring (bicyclic) bond motifs is 2. The summed E-state index contributed by atoms with van der Waals surface area (Å²) < 4.78 is 10.7. The number of aryl methyl sites for hydroxylation is 1. The number of rotatable bonds is 7. The Morgan fingerprint density at radius 2 is 1.70 bits per heavy atom. The Morgan fingerprint density at radius 1 is 0.930 bits per heavy atom. The van der Waals surface area contributed by atoms with Crippen LogP contribution in [0.5, 0.6) is 5.75 Å². The van der Waals surface area contributed by atoms with Crippen LogP contribution in [0.15, 0.2) is 72.8 Å². The fourth-order valence-corrected chi connectivity index (χ4v) is 6.17. The highest BCUT2D eigenvalue weighted by Crippen LogP contribution is 2.42. The number of pyridine rings is 1. The minimum absolute atomic E-state index is 0.123. The van der Waals surface area contributed by atoms with Crippen LogP contribution in [0.4, 0.5) is 5.69 Å². The molecule has 3 atom stereocenters. The van der Waals surface area contributed by atoms with Crippen LogP contribution in [0.2, 0.25) is 0 Å². The van der Waals surface area contributed by atoms with E-state index in [0.29, 0.717) is 45.1 Å². The minimum Gasteiger partial charge on any atom is -0.497 e. The van der Waals surface area contributed by atoms with Crippen molar-refractivity contribution in [1.29, 1.82) is 0 Å². The van der Waals surface area contributed by atoms with E-state index in [9.17, 15) is 19.2 Å². The molecular formula is C35H32N2O6. The van der Waals surface area contributed by atoms with Crippen molar-refractivity contribution >= 4 is 40.2 Å². The highest BCUT2D eigenvalue weighted by Gasteiger charge is 2.49. The van der Waals surface area contributed by atoms with E-state index >= 15 is 0 Å². The van der Waals surface area contributed by atoms with Crippen molar-refractivity contribution in [3.05, 3.63) is 89.5 Å². The molecule has 4 aromatic rings. The van der Waals surface area contributed by atoms with Crippen molar-refractivity contribution in [2.24, 2.45) is 17.8 Å². The zero-order valence-electron chi connectivity index (χ0n) is 24.3. The third-order valence-corrected chi connectivity index (χ3v) is 8.52. The lowest BCUT2D eigenvalue weighted by molar-refractivity contribution is -0.122. The van der Waals surface area contributed by atoms with Crippen molar-refractivity contribution in [2.75, 3.05) is 18.6 Å². The maximum absolute atomic E-state index is 13.4. The molecule has 0 radical (unpaired) electrons. The standard InChI is InChI=1S/C35H32N2O6/c1-20-7-13-26-28(16-20)34(40)37(33(26)39)24-11-9-22(10-12-24)31-18-29(27-15-21(2)8-14-30(27)36-31)35(41)43-19-32(38)23-5-4-6-25(17-23)42-3/h4-6,8-12,14-15,17-18,20,26,28H,7,13,16,19H2,1-3H3/t20-,26+,28+/m0/s1. The number of carbonyl (C=O) groups is 4. The van der Waals surface area contributed by atoms with Gasteiger partial charge in [0, 0.05) is 16.5 Å². The number of carbonyl (C=O) groups excluding carboxylic acids is 4. The molecule has 8 heteroatoms. The zero-order valence-corrected chi connectivity index (χ0v) is 24.3. The molecule has 1 saturated carbocycles. The third kappa shape index (κ3) is 5.41. The monoisotopic (exact) mass is 576 g/mol. The van der Waals surface area contributed by atoms with Crippen LogP contribution in [0.3, 0.4) is 0 Å². The fourth-order valence-electron chi connectivity index (χ4n) is 6.17. The molecule has 0 spiro atoms. The van der Waals surface area contributed by atoms with E-state index in [-0.39, 0.29) is 35.0 Å². The number of benzene rings is 3. The second-order valence-corrected chi connectivity index (χ2v) is 11.5. The van der Waals surface area contributed by atoms with Gasteiger partial charge in [0.05, 0.1) is 41.4 Å². The predicted molar refractivity (Wildman–Crippen MR) is 162 cm³/mol. The molecule has 6 rings (SSSR count). The van der Waals surface area contributed by atoms with Crippen molar-refractivity contribution in [3.63, 3.8) is 0 Å². The Balaban J connectivity index is 1.27. The number of nitrogens with zero attached hydrogens (tertiary/aromatic N) is 2. The zero-order chi connectivity index (χ0) is 30.2. The summed E-state index contributed by atoms with van der Waals surface area (Å²) in [5.41, 5.74) is 3.98. The largest absolute Gasteiger partial charge is 0.497 e. The van der Waals surface area contributed by atoms with Gasteiger partial charge in [-0.05, 0) is 74.6 Å².